The highest BCUT2D eigenvalue weighted by Crippen LogP contribution is 2.40. The molecule has 1 aliphatic carbocycles. The molecule has 1 atom stereocenters. The zero-order valence-electron chi connectivity index (χ0n) is 17.3. The molecule has 7 heteroatoms. The Hall–Kier alpha value is -3.11. The van der Waals surface area contributed by atoms with E-state index in [1.165, 1.54) is 24.5 Å². The zero-order chi connectivity index (χ0) is 21.7. The fourth-order valence-corrected chi connectivity index (χ4v) is 4.91. The fraction of sp³-hybridized carbons (Fsp3) is 0.348. The summed E-state index contributed by atoms with van der Waals surface area (Å²) in [6.45, 7) is 4.18. The molecule has 1 aromatic carbocycles. The first-order valence-electron chi connectivity index (χ1n) is 9.86. The van der Waals surface area contributed by atoms with Gasteiger partial charge in [-0.05, 0) is 49.8 Å². The third-order valence-electron chi connectivity index (χ3n) is 5.02. The van der Waals surface area contributed by atoms with E-state index in [4.69, 9.17) is 9.47 Å². The molecule has 156 valence electrons. The molecular formula is C23H24N2O4S. The summed E-state index contributed by atoms with van der Waals surface area (Å²) in [7, 11) is 1.53. The average Bonchev–Trinajstić information content (AvgIpc) is 3.09. The zero-order valence-corrected chi connectivity index (χ0v) is 18.1. The standard InChI is InChI=1S/C23H24N2O4S/c1-4-29-23(27)20-17-10-9-14(2)11-19(17)30-22(20)25-21(26)16(13-24)12-15-7-5-6-8-18(15)28-3/h5-8,12,14H,4,9-11H2,1-3H3,(H,25,26)/b16-12+. The van der Waals surface area contributed by atoms with Gasteiger partial charge in [0.25, 0.3) is 5.91 Å². The highest BCUT2D eigenvalue weighted by atomic mass is 32.1. The lowest BCUT2D eigenvalue weighted by atomic mass is 9.88. The number of ether oxygens (including phenoxy) is 2. The topological polar surface area (TPSA) is 88.4 Å². The molecule has 3 rings (SSSR count). The number of fused-ring (bicyclic) bond motifs is 1. The van der Waals surface area contributed by atoms with Crippen LogP contribution in [0.2, 0.25) is 0 Å². The third kappa shape index (κ3) is 4.55. The van der Waals surface area contributed by atoms with Gasteiger partial charge in [-0.1, -0.05) is 25.1 Å². The Morgan fingerprint density at radius 2 is 2.13 bits per heavy atom. The first-order chi connectivity index (χ1) is 14.5. The number of nitrogens with one attached hydrogen (secondary N) is 1. The molecule has 1 aromatic heterocycles. The summed E-state index contributed by atoms with van der Waals surface area (Å²) >= 11 is 1.40. The molecule has 1 heterocycles. The van der Waals surface area contributed by atoms with Crippen molar-refractivity contribution in [3.05, 3.63) is 51.4 Å². The molecule has 0 saturated carbocycles. The maximum atomic E-state index is 12.9. The number of esters is 1. The number of methoxy groups -OCH3 is 1. The Bertz CT molecular complexity index is 1030. The third-order valence-corrected chi connectivity index (χ3v) is 6.19. The van der Waals surface area contributed by atoms with Gasteiger partial charge in [0.05, 0.1) is 19.3 Å². The second-order valence-corrected chi connectivity index (χ2v) is 8.25. The molecule has 1 amide bonds. The summed E-state index contributed by atoms with van der Waals surface area (Å²) in [5.41, 5.74) is 1.93. The fourth-order valence-electron chi connectivity index (χ4n) is 3.52. The number of para-hydroxylation sites is 1. The van der Waals surface area contributed by atoms with Crippen LogP contribution >= 0.6 is 11.3 Å². The summed E-state index contributed by atoms with van der Waals surface area (Å²) in [6.07, 6.45) is 4.11. The summed E-state index contributed by atoms with van der Waals surface area (Å²) < 4.78 is 10.5. The number of nitriles is 1. The van der Waals surface area contributed by atoms with Crippen LogP contribution in [0.5, 0.6) is 5.75 Å². The van der Waals surface area contributed by atoms with Gasteiger partial charge in [0.15, 0.2) is 0 Å². The average molecular weight is 425 g/mol. The van der Waals surface area contributed by atoms with Crippen molar-refractivity contribution < 1.29 is 19.1 Å². The van der Waals surface area contributed by atoms with Gasteiger partial charge in [-0.2, -0.15) is 5.26 Å². The van der Waals surface area contributed by atoms with Crippen LogP contribution in [-0.4, -0.2) is 25.6 Å². The lowest BCUT2D eigenvalue weighted by Gasteiger charge is -2.18. The first kappa shape index (κ1) is 21.6. The molecule has 0 saturated heterocycles. The van der Waals surface area contributed by atoms with E-state index in [1.807, 2.05) is 12.1 Å². The number of carbonyl (C=O) groups is 2. The van der Waals surface area contributed by atoms with Crippen LogP contribution in [0.3, 0.4) is 0 Å². The van der Waals surface area contributed by atoms with Crippen LogP contribution in [0.15, 0.2) is 29.8 Å². The minimum absolute atomic E-state index is 0.0750. The molecule has 1 unspecified atom stereocenters. The largest absolute Gasteiger partial charge is 0.496 e. The number of nitrogens with zero attached hydrogens (tertiary/aromatic N) is 1. The molecule has 0 spiro atoms. The van der Waals surface area contributed by atoms with Crippen molar-refractivity contribution in [1.29, 1.82) is 5.26 Å². The first-order valence-corrected chi connectivity index (χ1v) is 10.7. The SMILES string of the molecule is CCOC(=O)c1c(NC(=O)/C(C#N)=C/c2ccccc2OC)sc2c1CCC(C)C2. The number of thiophene rings is 1. The number of hydrogen-bond donors (Lipinski definition) is 1. The van der Waals surface area contributed by atoms with Crippen molar-refractivity contribution in [1.82, 2.24) is 0 Å². The van der Waals surface area contributed by atoms with Crippen molar-refractivity contribution in [3.8, 4) is 11.8 Å². The number of benzene rings is 1. The molecule has 6 nitrogen and oxygen atoms in total. The maximum absolute atomic E-state index is 12.9. The van der Waals surface area contributed by atoms with Crippen molar-refractivity contribution in [2.24, 2.45) is 5.92 Å². The van der Waals surface area contributed by atoms with Gasteiger partial charge in [0.2, 0.25) is 0 Å². The number of hydrogen-bond acceptors (Lipinski definition) is 6. The van der Waals surface area contributed by atoms with E-state index in [0.29, 0.717) is 27.8 Å². The second-order valence-electron chi connectivity index (χ2n) is 7.14. The summed E-state index contributed by atoms with van der Waals surface area (Å²) in [5.74, 6) is 0.0772. The van der Waals surface area contributed by atoms with Gasteiger partial charge in [-0.15, -0.1) is 11.3 Å². The Labute approximate surface area is 180 Å². The predicted octanol–water partition coefficient (Wildman–Crippen LogP) is 4.60. The monoisotopic (exact) mass is 424 g/mol. The van der Waals surface area contributed by atoms with Gasteiger partial charge in [-0.25, -0.2) is 4.79 Å². The van der Waals surface area contributed by atoms with Crippen molar-refractivity contribution in [2.75, 3.05) is 19.0 Å². The molecule has 1 aliphatic rings. The Balaban J connectivity index is 1.94. The van der Waals surface area contributed by atoms with E-state index < -0.39 is 11.9 Å². The maximum Gasteiger partial charge on any atom is 0.341 e. The molecule has 0 aliphatic heterocycles. The molecule has 30 heavy (non-hydrogen) atoms. The van der Waals surface area contributed by atoms with E-state index in [2.05, 4.69) is 12.2 Å². The lowest BCUT2D eigenvalue weighted by molar-refractivity contribution is -0.112. The lowest BCUT2D eigenvalue weighted by Crippen LogP contribution is -2.17. The second kappa shape index (κ2) is 9.59. The smallest absolute Gasteiger partial charge is 0.341 e. The minimum atomic E-state index is -0.569. The Morgan fingerprint density at radius 3 is 2.83 bits per heavy atom. The number of amides is 1. The molecular weight excluding hydrogens is 400 g/mol. The Kier molecular flexibility index (Phi) is 6.91. The normalized spacial score (nSPS) is 15.7. The van der Waals surface area contributed by atoms with Crippen molar-refractivity contribution >= 4 is 34.3 Å². The summed E-state index contributed by atoms with van der Waals surface area (Å²) in [5, 5.41) is 12.8. The molecule has 1 N–H and O–H groups in total. The van der Waals surface area contributed by atoms with E-state index in [9.17, 15) is 14.9 Å². The molecule has 0 fully saturated rings. The van der Waals surface area contributed by atoms with E-state index in [0.717, 1.165) is 29.7 Å². The van der Waals surface area contributed by atoms with Crippen molar-refractivity contribution in [3.63, 3.8) is 0 Å². The van der Waals surface area contributed by atoms with Gasteiger partial charge in [-0.3, -0.25) is 4.79 Å². The van der Waals surface area contributed by atoms with Crippen LogP contribution in [0.1, 0.15) is 46.6 Å². The number of anilines is 1. The minimum Gasteiger partial charge on any atom is -0.496 e. The van der Waals surface area contributed by atoms with Gasteiger partial charge >= 0.3 is 5.97 Å². The van der Waals surface area contributed by atoms with Gasteiger partial charge in [0, 0.05) is 10.4 Å². The van der Waals surface area contributed by atoms with Gasteiger partial charge < -0.3 is 14.8 Å². The van der Waals surface area contributed by atoms with Crippen LogP contribution in [0.25, 0.3) is 6.08 Å². The predicted molar refractivity (Wildman–Crippen MR) is 117 cm³/mol. The highest BCUT2D eigenvalue weighted by Gasteiger charge is 2.29. The Morgan fingerprint density at radius 1 is 1.37 bits per heavy atom. The van der Waals surface area contributed by atoms with E-state index in [-0.39, 0.29) is 12.2 Å². The quantitative estimate of drug-likeness (QED) is 0.416. The number of carbonyl (C=O) groups excluding carboxylic acids is 2. The van der Waals surface area contributed by atoms with Crippen LogP contribution in [-0.2, 0) is 22.4 Å². The van der Waals surface area contributed by atoms with Crippen LogP contribution < -0.4 is 10.1 Å². The molecule has 0 bridgehead atoms. The van der Waals surface area contributed by atoms with Crippen LogP contribution in [0.4, 0.5) is 5.00 Å². The van der Waals surface area contributed by atoms with Crippen molar-refractivity contribution in [2.45, 2.75) is 33.1 Å². The van der Waals surface area contributed by atoms with Gasteiger partial charge in [0.1, 0.15) is 22.4 Å². The summed E-state index contributed by atoms with van der Waals surface area (Å²) in [4.78, 5) is 26.6. The van der Waals surface area contributed by atoms with E-state index >= 15 is 0 Å². The molecule has 2 aromatic rings. The van der Waals surface area contributed by atoms with E-state index in [1.54, 1.807) is 25.1 Å². The highest BCUT2D eigenvalue weighted by molar-refractivity contribution is 7.17. The van der Waals surface area contributed by atoms with Crippen LogP contribution in [0, 0.1) is 17.2 Å². The molecule has 0 radical (unpaired) electrons. The number of rotatable bonds is 6. The summed E-state index contributed by atoms with van der Waals surface area (Å²) in [6, 6.07) is 9.08.